The highest BCUT2D eigenvalue weighted by Crippen LogP contribution is 2.20. The highest BCUT2D eigenvalue weighted by Gasteiger charge is 2.20. The first kappa shape index (κ1) is 15.3. The molecule has 1 saturated carbocycles. The SMILES string of the molecule is Cc1cc(CNC2CC2)cnc1N(C)CCCN(C)C. The molecule has 1 N–H and O–H groups in total. The fourth-order valence-corrected chi connectivity index (χ4v) is 2.40. The lowest BCUT2D eigenvalue weighted by Crippen LogP contribution is -2.25. The van der Waals surface area contributed by atoms with Gasteiger partial charge in [0.15, 0.2) is 0 Å². The zero-order chi connectivity index (χ0) is 14.5. The second kappa shape index (κ2) is 7.04. The Bertz CT molecular complexity index is 426. The number of aromatic nitrogens is 1. The molecule has 1 heterocycles. The molecule has 1 aromatic rings. The number of nitrogens with one attached hydrogen (secondary N) is 1. The van der Waals surface area contributed by atoms with E-state index in [1.54, 1.807) is 0 Å². The molecule has 0 aliphatic heterocycles. The van der Waals surface area contributed by atoms with Gasteiger partial charge in [0, 0.05) is 32.4 Å². The van der Waals surface area contributed by atoms with E-state index in [0.29, 0.717) is 0 Å². The number of aryl methyl sites for hydroxylation is 1. The van der Waals surface area contributed by atoms with E-state index in [2.05, 4.69) is 54.2 Å². The van der Waals surface area contributed by atoms with Crippen LogP contribution in [0.25, 0.3) is 0 Å². The first-order chi connectivity index (χ1) is 9.56. The minimum absolute atomic E-state index is 0.753. The molecule has 1 fully saturated rings. The molecule has 0 amide bonds. The van der Waals surface area contributed by atoms with Gasteiger partial charge in [-0.05, 0) is 64.0 Å². The van der Waals surface area contributed by atoms with Gasteiger partial charge >= 0.3 is 0 Å². The van der Waals surface area contributed by atoms with Crippen LogP contribution in [0.4, 0.5) is 5.82 Å². The summed E-state index contributed by atoms with van der Waals surface area (Å²) in [5.74, 6) is 1.11. The molecule has 4 heteroatoms. The van der Waals surface area contributed by atoms with Crippen LogP contribution in [0.2, 0.25) is 0 Å². The Labute approximate surface area is 123 Å². The molecule has 0 bridgehead atoms. The summed E-state index contributed by atoms with van der Waals surface area (Å²) in [6.45, 7) is 5.27. The van der Waals surface area contributed by atoms with Gasteiger partial charge in [-0.1, -0.05) is 0 Å². The van der Waals surface area contributed by atoms with Crippen molar-refractivity contribution in [3.05, 3.63) is 23.4 Å². The molecular weight excluding hydrogens is 248 g/mol. The number of hydrogen-bond acceptors (Lipinski definition) is 4. The van der Waals surface area contributed by atoms with E-state index in [9.17, 15) is 0 Å². The lowest BCUT2D eigenvalue weighted by Gasteiger charge is -2.21. The molecule has 0 radical (unpaired) electrons. The van der Waals surface area contributed by atoms with Gasteiger partial charge in [-0.2, -0.15) is 0 Å². The van der Waals surface area contributed by atoms with Gasteiger partial charge in [-0.3, -0.25) is 0 Å². The summed E-state index contributed by atoms with van der Waals surface area (Å²) < 4.78 is 0. The van der Waals surface area contributed by atoms with Crippen LogP contribution in [0.15, 0.2) is 12.3 Å². The quantitative estimate of drug-likeness (QED) is 0.787. The maximum atomic E-state index is 4.65. The number of hydrogen-bond donors (Lipinski definition) is 1. The molecule has 1 aromatic heterocycles. The van der Waals surface area contributed by atoms with Crippen LogP contribution in [0.3, 0.4) is 0 Å². The standard InChI is InChI=1S/C16H28N4/c1-13-10-14(11-17-15-6-7-15)12-18-16(13)20(4)9-5-8-19(2)3/h10,12,15,17H,5-9,11H2,1-4H3. The molecule has 4 nitrogen and oxygen atoms in total. The lowest BCUT2D eigenvalue weighted by atomic mass is 10.2. The molecule has 0 unspecified atom stereocenters. The van der Waals surface area contributed by atoms with E-state index in [1.165, 1.54) is 24.0 Å². The highest BCUT2D eigenvalue weighted by atomic mass is 15.2. The fourth-order valence-electron chi connectivity index (χ4n) is 2.40. The molecule has 1 aliphatic carbocycles. The van der Waals surface area contributed by atoms with Crippen molar-refractivity contribution in [2.45, 2.75) is 38.8 Å². The van der Waals surface area contributed by atoms with Crippen LogP contribution >= 0.6 is 0 Å². The Balaban J connectivity index is 1.86. The molecule has 0 saturated heterocycles. The van der Waals surface area contributed by atoms with Crippen molar-refractivity contribution in [1.29, 1.82) is 0 Å². The predicted molar refractivity (Wildman–Crippen MR) is 85.3 cm³/mol. The summed E-state index contributed by atoms with van der Waals surface area (Å²) in [4.78, 5) is 9.13. The average Bonchev–Trinajstić information content (AvgIpc) is 3.19. The van der Waals surface area contributed by atoms with E-state index in [1.807, 2.05) is 6.20 Å². The van der Waals surface area contributed by atoms with E-state index in [0.717, 1.165) is 37.9 Å². The number of pyridine rings is 1. The summed E-state index contributed by atoms with van der Waals surface area (Å²) in [5.41, 5.74) is 2.56. The van der Waals surface area contributed by atoms with Gasteiger partial charge < -0.3 is 15.1 Å². The topological polar surface area (TPSA) is 31.4 Å². The average molecular weight is 276 g/mol. The van der Waals surface area contributed by atoms with Crippen molar-refractivity contribution in [1.82, 2.24) is 15.2 Å². The molecule has 20 heavy (non-hydrogen) atoms. The fraction of sp³-hybridized carbons (Fsp3) is 0.688. The first-order valence-electron chi connectivity index (χ1n) is 7.61. The van der Waals surface area contributed by atoms with Gasteiger partial charge in [-0.15, -0.1) is 0 Å². The lowest BCUT2D eigenvalue weighted by molar-refractivity contribution is 0.401. The largest absolute Gasteiger partial charge is 0.359 e. The van der Waals surface area contributed by atoms with Crippen molar-refractivity contribution in [2.75, 3.05) is 39.1 Å². The van der Waals surface area contributed by atoms with E-state index >= 15 is 0 Å². The monoisotopic (exact) mass is 276 g/mol. The zero-order valence-corrected chi connectivity index (χ0v) is 13.3. The van der Waals surface area contributed by atoms with Gasteiger partial charge in [0.05, 0.1) is 0 Å². The minimum Gasteiger partial charge on any atom is -0.359 e. The Kier molecular flexibility index (Phi) is 5.38. The Hall–Kier alpha value is -1.13. The van der Waals surface area contributed by atoms with Crippen LogP contribution in [0, 0.1) is 6.92 Å². The zero-order valence-electron chi connectivity index (χ0n) is 13.3. The Morgan fingerprint density at radius 2 is 2.00 bits per heavy atom. The van der Waals surface area contributed by atoms with Crippen LogP contribution < -0.4 is 10.2 Å². The first-order valence-corrected chi connectivity index (χ1v) is 7.61. The predicted octanol–water partition coefficient (Wildman–Crippen LogP) is 2.03. The van der Waals surface area contributed by atoms with E-state index < -0.39 is 0 Å². The third kappa shape index (κ3) is 4.76. The van der Waals surface area contributed by atoms with Gasteiger partial charge in [0.1, 0.15) is 5.82 Å². The second-order valence-electron chi connectivity index (χ2n) is 6.22. The third-order valence-corrected chi connectivity index (χ3v) is 3.74. The summed E-state index contributed by atoms with van der Waals surface area (Å²) in [6, 6.07) is 3.02. The summed E-state index contributed by atoms with van der Waals surface area (Å²) >= 11 is 0. The van der Waals surface area contributed by atoms with Crippen molar-refractivity contribution in [3.63, 3.8) is 0 Å². The smallest absolute Gasteiger partial charge is 0.131 e. The number of anilines is 1. The highest BCUT2D eigenvalue weighted by molar-refractivity contribution is 5.46. The van der Waals surface area contributed by atoms with Crippen molar-refractivity contribution < 1.29 is 0 Å². The Morgan fingerprint density at radius 1 is 1.25 bits per heavy atom. The van der Waals surface area contributed by atoms with Crippen molar-refractivity contribution in [2.24, 2.45) is 0 Å². The van der Waals surface area contributed by atoms with E-state index in [4.69, 9.17) is 0 Å². The molecule has 112 valence electrons. The van der Waals surface area contributed by atoms with Crippen LogP contribution in [-0.4, -0.2) is 50.2 Å². The number of rotatable bonds is 8. The molecule has 0 spiro atoms. The molecular formula is C16H28N4. The summed E-state index contributed by atoms with van der Waals surface area (Å²) in [6.07, 6.45) is 5.84. The van der Waals surface area contributed by atoms with Crippen LogP contribution in [0.5, 0.6) is 0 Å². The number of nitrogens with zero attached hydrogens (tertiary/aromatic N) is 3. The molecule has 1 aliphatic rings. The summed E-state index contributed by atoms with van der Waals surface area (Å²) in [5, 5.41) is 3.54. The summed E-state index contributed by atoms with van der Waals surface area (Å²) in [7, 11) is 6.36. The molecule has 0 aromatic carbocycles. The second-order valence-corrected chi connectivity index (χ2v) is 6.22. The minimum atomic E-state index is 0.753. The van der Waals surface area contributed by atoms with E-state index in [-0.39, 0.29) is 0 Å². The third-order valence-electron chi connectivity index (χ3n) is 3.74. The normalized spacial score (nSPS) is 14.8. The van der Waals surface area contributed by atoms with Crippen LogP contribution in [-0.2, 0) is 6.54 Å². The van der Waals surface area contributed by atoms with Gasteiger partial charge in [0.25, 0.3) is 0 Å². The molecule has 2 rings (SSSR count). The maximum Gasteiger partial charge on any atom is 0.131 e. The maximum absolute atomic E-state index is 4.65. The Morgan fingerprint density at radius 3 is 2.60 bits per heavy atom. The van der Waals surface area contributed by atoms with Gasteiger partial charge in [0.2, 0.25) is 0 Å². The van der Waals surface area contributed by atoms with Crippen molar-refractivity contribution >= 4 is 5.82 Å². The van der Waals surface area contributed by atoms with Crippen LogP contribution in [0.1, 0.15) is 30.4 Å². The van der Waals surface area contributed by atoms with Crippen molar-refractivity contribution in [3.8, 4) is 0 Å². The van der Waals surface area contributed by atoms with Gasteiger partial charge in [-0.25, -0.2) is 4.98 Å². The molecule has 0 atom stereocenters.